The van der Waals surface area contributed by atoms with Crippen molar-refractivity contribution in [2.24, 2.45) is 0 Å². The van der Waals surface area contributed by atoms with E-state index >= 15 is 0 Å². The molecule has 204 valence electrons. The van der Waals surface area contributed by atoms with Gasteiger partial charge in [0.1, 0.15) is 6.29 Å². The summed E-state index contributed by atoms with van der Waals surface area (Å²) in [5.41, 5.74) is 0. The Kier molecular flexibility index (Phi) is 35.4. The molecule has 0 N–H and O–H groups in total. The highest BCUT2D eigenvalue weighted by atomic mass is 16.7. The fourth-order valence-electron chi connectivity index (χ4n) is 3.80. The number of hydrogen-bond acceptors (Lipinski definition) is 3. The van der Waals surface area contributed by atoms with E-state index in [9.17, 15) is 4.79 Å². The minimum atomic E-state index is 0. The number of hydrogen-bond donors (Lipinski definition) is 0. The van der Waals surface area contributed by atoms with E-state index in [1.54, 1.807) is 0 Å². The van der Waals surface area contributed by atoms with E-state index in [1.165, 1.54) is 96.3 Å². The first kappa shape index (κ1) is 35.7. The molecule has 0 rings (SSSR count). The number of allylic oxidation sites excluding steroid dienone is 6. The van der Waals surface area contributed by atoms with Crippen molar-refractivity contribution in [3.05, 3.63) is 49.6 Å². The van der Waals surface area contributed by atoms with Crippen molar-refractivity contribution in [2.75, 3.05) is 13.2 Å². The molecule has 0 aromatic heterocycles. The molecular weight excluding hydrogens is 432 g/mol. The molecule has 3 heteroatoms. The smallest absolute Gasteiger partial charge is 0.353 e. The highest BCUT2D eigenvalue weighted by molar-refractivity contribution is 5.48. The zero-order chi connectivity index (χ0) is 26.1. The highest BCUT2D eigenvalue weighted by Gasteiger charge is 2.06. The molecule has 0 spiro atoms. The van der Waals surface area contributed by atoms with Gasteiger partial charge in [0, 0.05) is 19.6 Å². The van der Waals surface area contributed by atoms with Crippen LogP contribution in [0.4, 0.5) is 0 Å². The van der Waals surface area contributed by atoms with Crippen molar-refractivity contribution in [1.82, 2.24) is 0 Å². The molecule has 0 unspecified atom stereocenters. The molecule has 0 aliphatic rings. The van der Waals surface area contributed by atoms with Crippen LogP contribution in [0.25, 0.3) is 0 Å². The molecule has 3 nitrogen and oxygen atoms in total. The summed E-state index contributed by atoms with van der Waals surface area (Å²) >= 11 is 0. The number of ether oxygens (including phenoxy) is 2. The third kappa shape index (κ3) is 34.8. The summed E-state index contributed by atoms with van der Waals surface area (Å²) < 4.78 is 11.1. The zero-order valence-electron chi connectivity index (χ0n) is 24.4. The van der Waals surface area contributed by atoms with Gasteiger partial charge in [-0.3, -0.25) is 0 Å². The van der Waals surface area contributed by atoms with E-state index in [2.05, 4.69) is 25.3 Å². The molecule has 0 aromatic rings. The first-order valence-corrected chi connectivity index (χ1v) is 14.5. The average molecular weight is 492 g/mol. The Morgan fingerprint density at radius 3 is 1.34 bits per heavy atom. The standard InChI is InChI=1S/C18H34O2.C14H24O/c1-4-7-8-9-10-11-12-13-14-15-16-17-18(19-5-2)20-6-3;1-2-3-4-5-6-7-8-9-10-11-12-13-14-15/h4,7-8,18H,1,5-6,9-17H2,2-3H3;2-4,14H,1,5-13H2/p+1/b8-7+;4-3+. The van der Waals surface area contributed by atoms with Gasteiger partial charge in [0.15, 0.2) is 6.29 Å². The maximum atomic E-state index is 10.1. The van der Waals surface area contributed by atoms with E-state index in [1.807, 2.05) is 38.2 Å². The minimum absolute atomic E-state index is 0. The number of rotatable bonds is 26. The Hall–Kier alpha value is -1.45. The summed E-state index contributed by atoms with van der Waals surface area (Å²) in [6, 6.07) is 0. The molecule has 0 heterocycles. The Morgan fingerprint density at radius 2 is 0.971 bits per heavy atom. The van der Waals surface area contributed by atoms with E-state index in [0.29, 0.717) is 0 Å². The average Bonchev–Trinajstić information content (AvgIpc) is 2.86. The van der Waals surface area contributed by atoms with Gasteiger partial charge in [-0.2, -0.15) is 0 Å². The quantitative estimate of drug-likeness (QED) is 0.0522. The molecule has 0 aromatic carbocycles. The van der Waals surface area contributed by atoms with E-state index in [0.717, 1.165) is 38.8 Å². The first-order valence-electron chi connectivity index (χ1n) is 14.5. The van der Waals surface area contributed by atoms with Gasteiger partial charge in [-0.15, -0.1) is 0 Å². The van der Waals surface area contributed by atoms with Crippen LogP contribution >= 0.6 is 0 Å². The molecule has 0 bridgehead atoms. The van der Waals surface area contributed by atoms with Crippen molar-refractivity contribution in [3.8, 4) is 0 Å². The van der Waals surface area contributed by atoms with Crippen molar-refractivity contribution in [3.63, 3.8) is 0 Å². The van der Waals surface area contributed by atoms with Crippen LogP contribution in [0.15, 0.2) is 49.6 Å². The van der Waals surface area contributed by atoms with Crippen LogP contribution in [0.2, 0.25) is 0 Å². The largest absolute Gasteiger partial charge is 1.00 e. The lowest BCUT2D eigenvalue weighted by atomic mass is 10.1. The maximum Gasteiger partial charge on any atom is 1.00 e. The Labute approximate surface area is 220 Å². The third-order valence-electron chi connectivity index (χ3n) is 5.75. The van der Waals surface area contributed by atoms with Crippen LogP contribution in [-0.4, -0.2) is 25.8 Å². The maximum absolute atomic E-state index is 10.1. The molecule has 0 saturated heterocycles. The second kappa shape index (κ2) is 34.7. The predicted molar refractivity (Wildman–Crippen MR) is 156 cm³/mol. The molecule has 0 amide bonds. The Bertz CT molecular complexity index is 482. The van der Waals surface area contributed by atoms with E-state index in [4.69, 9.17) is 9.47 Å². The Morgan fingerprint density at radius 1 is 0.600 bits per heavy atom. The van der Waals surface area contributed by atoms with Gasteiger partial charge in [-0.05, 0) is 58.8 Å². The van der Waals surface area contributed by atoms with Crippen LogP contribution in [0.1, 0.15) is 131 Å². The third-order valence-corrected chi connectivity index (χ3v) is 5.75. The summed E-state index contributed by atoms with van der Waals surface area (Å²) in [7, 11) is 0. The number of carbonyl (C=O) groups excluding carboxylic acids is 1. The highest BCUT2D eigenvalue weighted by Crippen LogP contribution is 2.13. The van der Waals surface area contributed by atoms with Gasteiger partial charge in [-0.1, -0.05) is 114 Å². The predicted octanol–water partition coefficient (Wildman–Crippen LogP) is 10.2. The van der Waals surface area contributed by atoms with Crippen LogP contribution in [-0.2, 0) is 14.3 Å². The van der Waals surface area contributed by atoms with Crippen molar-refractivity contribution in [2.45, 2.75) is 136 Å². The lowest BCUT2D eigenvalue weighted by Crippen LogP contribution is -2.17. The first-order chi connectivity index (χ1) is 17.3. The molecule has 35 heavy (non-hydrogen) atoms. The fourth-order valence-corrected chi connectivity index (χ4v) is 3.80. The van der Waals surface area contributed by atoms with Gasteiger partial charge >= 0.3 is 1.43 Å². The molecule has 0 fully saturated rings. The molecular formula is C32H59O3+. The molecule has 0 atom stereocenters. The molecule has 0 aliphatic carbocycles. The zero-order valence-corrected chi connectivity index (χ0v) is 23.4. The van der Waals surface area contributed by atoms with Crippen LogP contribution in [0, 0.1) is 0 Å². The van der Waals surface area contributed by atoms with Crippen molar-refractivity contribution in [1.29, 1.82) is 0 Å². The fraction of sp³-hybridized carbons (Fsp3) is 0.719. The number of unbranched alkanes of at least 4 members (excludes halogenated alkanes) is 15. The van der Waals surface area contributed by atoms with Crippen molar-refractivity contribution >= 4 is 6.29 Å². The molecule has 0 aliphatic heterocycles. The topological polar surface area (TPSA) is 35.5 Å². The molecule has 0 radical (unpaired) electrons. The van der Waals surface area contributed by atoms with E-state index < -0.39 is 0 Å². The number of carbonyl (C=O) groups is 1. The van der Waals surface area contributed by atoms with Gasteiger partial charge in [0.2, 0.25) is 0 Å². The van der Waals surface area contributed by atoms with E-state index in [-0.39, 0.29) is 7.72 Å². The monoisotopic (exact) mass is 491 g/mol. The summed E-state index contributed by atoms with van der Waals surface area (Å²) in [6.07, 6.45) is 35.4. The second-order valence-corrected chi connectivity index (χ2v) is 8.94. The summed E-state index contributed by atoms with van der Waals surface area (Å²) in [5, 5.41) is 0. The summed E-state index contributed by atoms with van der Waals surface area (Å²) in [5.74, 6) is 0. The minimum Gasteiger partial charge on any atom is -0.353 e. The van der Waals surface area contributed by atoms with Crippen LogP contribution < -0.4 is 0 Å². The summed E-state index contributed by atoms with van der Waals surface area (Å²) in [4.78, 5) is 10.1. The van der Waals surface area contributed by atoms with Crippen LogP contribution in [0.3, 0.4) is 0 Å². The normalized spacial score (nSPS) is 11.2. The lowest BCUT2D eigenvalue weighted by molar-refractivity contribution is -0.140. The summed E-state index contributed by atoms with van der Waals surface area (Å²) in [6.45, 7) is 12.8. The molecule has 0 saturated carbocycles. The lowest BCUT2D eigenvalue weighted by Gasteiger charge is -2.16. The number of aldehydes is 1. The van der Waals surface area contributed by atoms with Crippen molar-refractivity contribution < 1.29 is 15.7 Å². The van der Waals surface area contributed by atoms with Gasteiger partial charge in [0.05, 0.1) is 0 Å². The van der Waals surface area contributed by atoms with Gasteiger partial charge in [0.25, 0.3) is 0 Å². The SMILES string of the molecule is C=C/C=C/CCCCCCCCCC(OCC)OCC.C=C/C=C/CCCCCCCCCC=O.[H+]. The van der Waals surface area contributed by atoms with Gasteiger partial charge in [-0.25, -0.2) is 0 Å². The van der Waals surface area contributed by atoms with Crippen LogP contribution in [0.5, 0.6) is 0 Å². The second-order valence-electron chi connectivity index (χ2n) is 8.94. The van der Waals surface area contributed by atoms with Gasteiger partial charge < -0.3 is 14.3 Å². The Balaban J connectivity index is -0.000000612.